The van der Waals surface area contributed by atoms with Crippen LogP contribution in [0.25, 0.3) is 0 Å². The summed E-state index contributed by atoms with van der Waals surface area (Å²) in [6.45, 7) is 5.64. The smallest absolute Gasteiger partial charge is 0.186 e. The van der Waals surface area contributed by atoms with Crippen molar-refractivity contribution >= 4 is 5.82 Å². The molecule has 1 atom stereocenters. The summed E-state index contributed by atoms with van der Waals surface area (Å²) >= 11 is 0. The van der Waals surface area contributed by atoms with Crippen molar-refractivity contribution in [1.82, 2.24) is 14.9 Å². The molecule has 0 radical (unpaired) electrons. The molecule has 0 aliphatic carbocycles. The Labute approximate surface area is 124 Å². The standard InChI is InChI=1S/C15H23FN4O/c1-2-13-14(16)15(18-10-17-13)19-11-3-6-20(9-11)12-4-7-21-8-5-12/h10-12H,2-9H2,1H3,(H,17,18,19). The number of likely N-dealkylation sites (tertiary alicyclic amines) is 1. The van der Waals surface area contributed by atoms with E-state index in [9.17, 15) is 4.39 Å². The van der Waals surface area contributed by atoms with Gasteiger partial charge in [-0.05, 0) is 25.7 Å². The summed E-state index contributed by atoms with van der Waals surface area (Å²) in [7, 11) is 0. The zero-order valence-corrected chi connectivity index (χ0v) is 12.5. The van der Waals surface area contributed by atoms with Crippen molar-refractivity contribution in [2.75, 3.05) is 31.6 Å². The van der Waals surface area contributed by atoms with Gasteiger partial charge >= 0.3 is 0 Å². The van der Waals surface area contributed by atoms with Crippen molar-refractivity contribution in [3.63, 3.8) is 0 Å². The molecule has 2 fully saturated rings. The lowest BCUT2D eigenvalue weighted by Crippen LogP contribution is -2.39. The van der Waals surface area contributed by atoms with Gasteiger partial charge in [0, 0.05) is 38.4 Å². The van der Waals surface area contributed by atoms with E-state index in [0.29, 0.717) is 24.0 Å². The van der Waals surface area contributed by atoms with E-state index in [0.717, 1.165) is 45.6 Å². The molecule has 21 heavy (non-hydrogen) atoms. The highest BCUT2D eigenvalue weighted by atomic mass is 19.1. The van der Waals surface area contributed by atoms with Gasteiger partial charge in [-0.3, -0.25) is 4.90 Å². The molecule has 5 nitrogen and oxygen atoms in total. The molecule has 116 valence electrons. The molecule has 0 bridgehead atoms. The Morgan fingerprint density at radius 3 is 2.90 bits per heavy atom. The summed E-state index contributed by atoms with van der Waals surface area (Å²) in [4.78, 5) is 10.5. The molecule has 3 rings (SSSR count). The maximum Gasteiger partial charge on any atom is 0.186 e. The topological polar surface area (TPSA) is 50.3 Å². The largest absolute Gasteiger partial charge is 0.381 e. The molecule has 1 aromatic rings. The monoisotopic (exact) mass is 294 g/mol. The number of aryl methyl sites for hydroxylation is 1. The van der Waals surface area contributed by atoms with E-state index in [1.54, 1.807) is 0 Å². The van der Waals surface area contributed by atoms with Gasteiger partial charge in [-0.15, -0.1) is 0 Å². The molecular formula is C15H23FN4O. The Morgan fingerprint density at radius 2 is 2.14 bits per heavy atom. The van der Waals surface area contributed by atoms with E-state index in [1.807, 2.05) is 6.92 Å². The number of halogens is 1. The molecule has 2 aliphatic rings. The molecule has 0 spiro atoms. The summed E-state index contributed by atoms with van der Waals surface area (Å²) < 4.78 is 19.6. The number of ether oxygens (including phenoxy) is 1. The third-order valence-electron chi connectivity index (χ3n) is 4.46. The Kier molecular flexibility index (Phi) is 4.65. The van der Waals surface area contributed by atoms with E-state index in [1.165, 1.54) is 6.33 Å². The quantitative estimate of drug-likeness (QED) is 0.918. The van der Waals surface area contributed by atoms with Crippen molar-refractivity contribution in [3.05, 3.63) is 17.8 Å². The first-order chi connectivity index (χ1) is 10.3. The zero-order valence-electron chi connectivity index (χ0n) is 12.5. The molecule has 2 saturated heterocycles. The van der Waals surface area contributed by atoms with Crippen LogP contribution >= 0.6 is 0 Å². The Hall–Kier alpha value is -1.27. The van der Waals surface area contributed by atoms with Gasteiger partial charge in [0.15, 0.2) is 11.6 Å². The van der Waals surface area contributed by atoms with E-state index in [4.69, 9.17) is 4.74 Å². The minimum Gasteiger partial charge on any atom is -0.381 e. The van der Waals surface area contributed by atoms with Crippen molar-refractivity contribution in [1.29, 1.82) is 0 Å². The van der Waals surface area contributed by atoms with Crippen LogP contribution in [0.2, 0.25) is 0 Å². The van der Waals surface area contributed by atoms with Crippen LogP contribution in [0, 0.1) is 5.82 Å². The van der Waals surface area contributed by atoms with Gasteiger partial charge in [0.2, 0.25) is 0 Å². The number of aromatic nitrogens is 2. The number of hydrogen-bond acceptors (Lipinski definition) is 5. The summed E-state index contributed by atoms with van der Waals surface area (Å²) in [5, 5.41) is 3.25. The fraction of sp³-hybridized carbons (Fsp3) is 0.733. The van der Waals surface area contributed by atoms with Crippen molar-refractivity contribution < 1.29 is 9.13 Å². The molecule has 0 aromatic carbocycles. The normalized spacial score (nSPS) is 24.4. The van der Waals surface area contributed by atoms with Gasteiger partial charge in [-0.2, -0.15) is 0 Å². The van der Waals surface area contributed by atoms with E-state index >= 15 is 0 Å². The lowest BCUT2D eigenvalue weighted by Gasteiger charge is -2.31. The predicted molar refractivity (Wildman–Crippen MR) is 78.8 cm³/mol. The summed E-state index contributed by atoms with van der Waals surface area (Å²) in [5.41, 5.74) is 0.479. The fourth-order valence-electron chi connectivity index (χ4n) is 3.23. The minimum absolute atomic E-state index is 0.266. The van der Waals surface area contributed by atoms with E-state index < -0.39 is 0 Å². The summed E-state index contributed by atoms with van der Waals surface area (Å²) in [6.07, 6.45) is 5.27. The van der Waals surface area contributed by atoms with Gasteiger partial charge in [0.05, 0.1) is 5.69 Å². The van der Waals surface area contributed by atoms with Crippen LogP contribution in [0.5, 0.6) is 0 Å². The van der Waals surface area contributed by atoms with Gasteiger partial charge in [-0.1, -0.05) is 6.92 Å². The molecular weight excluding hydrogens is 271 g/mol. The molecule has 1 unspecified atom stereocenters. The predicted octanol–water partition coefficient (Wildman–Crippen LogP) is 1.84. The molecule has 1 N–H and O–H groups in total. The Balaban J connectivity index is 1.59. The fourth-order valence-corrected chi connectivity index (χ4v) is 3.23. The third-order valence-corrected chi connectivity index (χ3v) is 4.46. The highest BCUT2D eigenvalue weighted by Gasteiger charge is 2.30. The number of rotatable bonds is 4. The molecule has 2 aliphatic heterocycles. The van der Waals surface area contributed by atoms with Crippen LogP contribution in [-0.4, -0.2) is 53.3 Å². The van der Waals surface area contributed by atoms with Crippen molar-refractivity contribution in [2.45, 2.75) is 44.7 Å². The number of anilines is 1. The number of nitrogens with zero attached hydrogens (tertiary/aromatic N) is 3. The molecule has 6 heteroatoms. The van der Waals surface area contributed by atoms with Crippen LogP contribution in [0.1, 0.15) is 31.9 Å². The van der Waals surface area contributed by atoms with Crippen LogP contribution in [0.15, 0.2) is 6.33 Å². The molecule has 0 amide bonds. The first-order valence-corrected chi connectivity index (χ1v) is 7.85. The van der Waals surface area contributed by atoms with Gasteiger partial charge in [-0.25, -0.2) is 14.4 Å². The number of nitrogens with one attached hydrogen (secondary N) is 1. The van der Waals surface area contributed by atoms with Gasteiger partial charge in [0.1, 0.15) is 6.33 Å². The van der Waals surface area contributed by atoms with Gasteiger partial charge in [0.25, 0.3) is 0 Å². The lowest BCUT2D eigenvalue weighted by molar-refractivity contribution is 0.0421. The van der Waals surface area contributed by atoms with Crippen LogP contribution in [0.3, 0.4) is 0 Å². The molecule has 3 heterocycles. The average Bonchev–Trinajstić information content (AvgIpc) is 2.99. The zero-order chi connectivity index (χ0) is 14.7. The summed E-state index contributed by atoms with van der Waals surface area (Å²) in [5.74, 6) is 0.0465. The molecule has 0 saturated carbocycles. The second-order valence-electron chi connectivity index (χ2n) is 5.80. The Bertz CT molecular complexity index is 479. The highest BCUT2D eigenvalue weighted by Crippen LogP contribution is 2.23. The number of hydrogen-bond donors (Lipinski definition) is 1. The average molecular weight is 294 g/mol. The van der Waals surface area contributed by atoms with Crippen molar-refractivity contribution in [2.24, 2.45) is 0 Å². The second kappa shape index (κ2) is 6.66. The van der Waals surface area contributed by atoms with Crippen LogP contribution < -0.4 is 5.32 Å². The third kappa shape index (κ3) is 3.32. The SMILES string of the molecule is CCc1ncnc(NC2CCN(C3CCOCC3)C2)c1F. The van der Waals surface area contributed by atoms with Crippen LogP contribution in [-0.2, 0) is 11.2 Å². The maximum atomic E-state index is 14.2. The van der Waals surface area contributed by atoms with E-state index in [2.05, 4.69) is 20.2 Å². The Morgan fingerprint density at radius 1 is 1.33 bits per heavy atom. The van der Waals surface area contributed by atoms with Crippen molar-refractivity contribution in [3.8, 4) is 0 Å². The van der Waals surface area contributed by atoms with Gasteiger partial charge < -0.3 is 10.1 Å². The molecule has 1 aromatic heterocycles. The second-order valence-corrected chi connectivity index (χ2v) is 5.80. The summed E-state index contributed by atoms with van der Waals surface area (Å²) in [6, 6.07) is 0.883. The lowest BCUT2D eigenvalue weighted by atomic mass is 10.1. The van der Waals surface area contributed by atoms with Crippen LogP contribution in [0.4, 0.5) is 10.2 Å². The van der Waals surface area contributed by atoms with E-state index in [-0.39, 0.29) is 11.9 Å². The first kappa shape index (κ1) is 14.7. The highest BCUT2D eigenvalue weighted by molar-refractivity contribution is 5.38. The first-order valence-electron chi connectivity index (χ1n) is 7.85. The minimum atomic E-state index is -0.301. The maximum absolute atomic E-state index is 14.2.